The summed E-state index contributed by atoms with van der Waals surface area (Å²) in [7, 11) is 0. The fourth-order valence-corrected chi connectivity index (χ4v) is 16.6. The Morgan fingerprint density at radius 1 is 0.233 bits per heavy atom. The fourth-order valence-electron chi connectivity index (χ4n) is 14.1. The minimum Gasteiger partial charge on any atom is -0.456 e. The standard InChI is InChI=1S/C78H42N2O4S2/c1-3-13-49-43(11-1)23-29-57-51-31-25-45(39-67(51)83-75(49)57)79(63-19-9-17-59-53-15-5-7-21-71(53)85-77(59)63)47-27-33-61-69(41-47)81-65-37-35-56-55(73(61)65)36-38-66-74(56)62-34-28-48(42-70(62)82-66)80(64-20-10-18-60-54-16-6-8-22-72(54)86-78(60)64)46-26-32-52-58-30-24-44-12-2-4-14-50(44)76(58)84-68(52)40-46/h1-42H. The molecule has 400 valence electrons. The van der Waals surface area contributed by atoms with E-state index in [2.05, 4.69) is 265 Å². The molecule has 0 saturated heterocycles. The van der Waals surface area contributed by atoms with Gasteiger partial charge in [-0.15, -0.1) is 22.7 Å². The van der Waals surface area contributed by atoms with E-state index in [0.29, 0.717) is 0 Å². The van der Waals surface area contributed by atoms with E-state index in [1.54, 1.807) is 0 Å². The molecule has 0 unspecified atom stereocenters. The molecule has 0 aliphatic heterocycles. The van der Waals surface area contributed by atoms with Gasteiger partial charge in [-0.3, -0.25) is 0 Å². The molecule has 20 aromatic rings. The molecule has 0 radical (unpaired) electrons. The van der Waals surface area contributed by atoms with Gasteiger partial charge < -0.3 is 27.5 Å². The largest absolute Gasteiger partial charge is 0.456 e. The Hall–Kier alpha value is -10.9. The van der Waals surface area contributed by atoms with E-state index in [1.807, 2.05) is 22.7 Å². The first kappa shape index (κ1) is 46.6. The van der Waals surface area contributed by atoms with Crippen molar-refractivity contribution >= 4 is 217 Å². The van der Waals surface area contributed by atoms with Gasteiger partial charge in [-0.2, -0.15) is 0 Å². The number of anilines is 6. The molecule has 0 saturated carbocycles. The lowest BCUT2D eigenvalue weighted by atomic mass is 9.99. The Bertz CT molecular complexity index is 5940. The highest BCUT2D eigenvalue weighted by Gasteiger charge is 2.25. The first-order valence-corrected chi connectivity index (χ1v) is 30.6. The SMILES string of the molecule is c1ccc2c(c1)ccc1c3ccc(N(c4ccc5c(c4)oc4ccc6c(ccc7oc8cc(N(c9ccc%10c(c9)oc9c%11ccccc%11ccc%109)c9cccc%10c9sc9ccccc9%10)ccc8c76)c45)c4cccc5c4sc4ccccc45)cc3oc21. The summed E-state index contributed by atoms with van der Waals surface area (Å²) in [5.74, 6) is 0. The van der Waals surface area contributed by atoms with Crippen LogP contribution in [0.25, 0.3) is 160 Å². The molecule has 0 amide bonds. The van der Waals surface area contributed by atoms with Gasteiger partial charge in [0.2, 0.25) is 0 Å². The summed E-state index contributed by atoms with van der Waals surface area (Å²) < 4.78 is 32.5. The predicted molar refractivity (Wildman–Crippen MR) is 363 cm³/mol. The molecule has 8 heteroatoms. The van der Waals surface area contributed by atoms with Gasteiger partial charge in [-0.25, -0.2) is 0 Å². The Kier molecular flexibility index (Phi) is 9.39. The zero-order valence-corrected chi connectivity index (χ0v) is 47.2. The summed E-state index contributed by atoms with van der Waals surface area (Å²) in [6.45, 7) is 0. The lowest BCUT2D eigenvalue weighted by Crippen LogP contribution is -2.10. The molecule has 6 heterocycles. The van der Waals surface area contributed by atoms with Gasteiger partial charge in [0.05, 0.1) is 20.8 Å². The van der Waals surface area contributed by atoms with E-state index in [4.69, 9.17) is 17.7 Å². The quantitative estimate of drug-likeness (QED) is 0.165. The molecular formula is C78H42N2O4S2. The van der Waals surface area contributed by atoms with Crippen molar-refractivity contribution in [1.29, 1.82) is 0 Å². The maximum Gasteiger partial charge on any atom is 0.143 e. The summed E-state index contributed by atoms with van der Waals surface area (Å²) >= 11 is 3.65. The van der Waals surface area contributed by atoms with Crippen molar-refractivity contribution in [2.75, 3.05) is 9.80 Å². The molecule has 20 rings (SSSR count). The topological polar surface area (TPSA) is 59.0 Å². The van der Waals surface area contributed by atoms with Crippen LogP contribution >= 0.6 is 22.7 Å². The molecule has 6 nitrogen and oxygen atoms in total. The molecule has 14 aromatic carbocycles. The van der Waals surface area contributed by atoms with E-state index in [0.717, 1.165) is 154 Å². The Morgan fingerprint density at radius 3 is 1.05 bits per heavy atom. The van der Waals surface area contributed by atoms with Gasteiger partial charge in [0.15, 0.2) is 0 Å². The van der Waals surface area contributed by atoms with Crippen LogP contribution in [0.5, 0.6) is 0 Å². The Morgan fingerprint density at radius 2 is 0.593 bits per heavy atom. The minimum atomic E-state index is 0.805. The van der Waals surface area contributed by atoms with E-state index >= 15 is 0 Å². The zero-order chi connectivity index (χ0) is 55.9. The number of thiophene rings is 2. The molecule has 0 atom stereocenters. The molecule has 86 heavy (non-hydrogen) atoms. The molecule has 6 aromatic heterocycles. The average molecular weight is 1140 g/mol. The van der Waals surface area contributed by atoms with Crippen LogP contribution in [0.1, 0.15) is 0 Å². The summed E-state index contributed by atoms with van der Waals surface area (Å²) in [6, 6.07) is 91.6. The second kappa shape index (κ2) is 17.3. The highest BCUT2D eigenvalue weighted by atomic mass is 32.1. The lowest BCUT2D eigenvalue weighted by molar-refractivity contribution is 0.668. The maximum atomic E-state index is 6.95. The smallest absolute Gasteiger partial charge is 0.143 e. The average Bonchev–Trinajstić information content (AvgIpc) is 3.01. The summed E-state index contributed by atoms with van der Waals surface area (Å²) in [4.78, 5) is 4.73. The van der Waals surface area contributed by atoms with Crippen LogP contribution < -0.4 is 9.80 Å². The molecule has 0 spiro atoms. The van der Waals surface area contributed by atoms with Gasteiger partial charge in [-0.1, -0.05) is 121 Å². The first-order chi connectivity index (χ1) is 42.6. The lowest BCUT2D eigenvalue weighted by Gasteiger charge is -2.26. The van der Waals surface area contributed by atoms with Crippen LogP contribution in [0.4, 0.5) is 34.1 Å². The number of nitrogens with zero attached hydrogens (tertiary/aromatic N) is 2. The van der Waals surface area contributed by atoms with Crippen LogP contribution in [0, 0.1) is 0 Å². The second-order valence-electron chi connectivity index (χ2n) is 22.6. The fraction of sp³-hybridized carbons (Fsp3) is 0. The highest BCUT2D eigenvalue weighted by molar-refractivity contribution is 7.26. The zero-order valence-electron chi connectivity index (χ0n) is 45.6. The first-order valence-electron chi connectivity index (χ1n) is 28.9. The second-order valence-corrected chi connectivity index (χ2v) is 24.7. The van der Waals surface area contributed by atoms with Crippen molar-refractivity contribution in [1.82, 2.24) is 0 Å². The summed E-state index contributed by atoms with van der Waals surface area (Å²) in [6.07, 6.45) is 0. The van der Waals surface area contributed by atoms with Crippen molar-refractivity contribution < 1.29 is 17.7 Å². The van der Waals surface area contributed by atoms with E-state index in [1.165, 1.54) is 40.3 Å². The molecular weight excluding hydrogens is 1090 g/mol. The Balaban J connectivity index is 0.742. The number of benzene rings is 14. The highest BCUT2D eigenvalue weighted by Crippen LogP contribution is 2.51. The number of hydrogen-bond donors (Lipinski definition) is 0. The predicted octanol–water partition coefficient (Wildman–Crippen LogP) is 24.4. The maximum absolute atomic E-state index is 6.95. The molecule has 0 N–H and O–H groups in total. The van der Waals surface area contributed by atoms with E-state index in [-0.39, 0.29) is 0 Å². The summed E-state index contributed by atoms with van der Waals surface area (Å²) in [5.41, 5.74) is 12.9. The number of fused-ring (bicyclic) bond motifs is 25. The molecule has 0 aliphatic rings. The summed E-state index contributed by atoms with van der Waals surface area (Å²) in [5, 5.41) is 20.3. The van der Waals surface area contributed by atoms with Crippen molar-refractivity contribution in [2.24, 2.45) is 0 Å². The van der Waals surface area contributed by atoms with Gasteiger partial charge in [0, 0.05) is 132 Å². The van der Waals surface area contributed by atoms with Gasteiger partial charge in [0.25, 0.3) is 0 Å². The molecule has 0 bridgehead atoms. The number of furan rings is 4. The van der Waals surface area contributed by atoms with Gasteiger partial charge >= 0.3 is 0 Å². The molecule has 0 aliphatic carbocycles. The number of hydrogen-bond acceptors (Lipinski definition) is 8. The van der Waals surface area contributed by atoms with Crippen molar-refractivity contribution in [3.05, 3.63) is 255 Å². The van der Waals surface area contributed by atoms with Crippen LogP contribution in [0.15, 0.2) is 272 Å². The Labute approximate surface area is 496 Å². The number of rotatable bonds is 6. The molecule has 0 fully saturated rings. The monoisotopic (exact) mass is 1130 g/mol. The third-order valence-electron chi connectivity index (χ3n) is 18.0. The van der Waals surface area contributed by atoms with Gasteiger partial charge in [-0.05, 0) is 131 Å². The van der Waals surface area contributed by atoms with E-state index in [9.17, 15) is 0 Å². The minimum absolute atomic E-state index is 0.805. The third kappa shape index (κ3) is 6.54. The van der Waals surface area contributed by atoms with Crippen LogP contribution in [-0.4, -0.2) is 0 Å². The third-order valence-corrected chi connectivity index (χ3v) is 20.4. The van der Waals surface area contributed by atoms with E-state index < -0.39 is 0 Å². The van der Waals surface area contributed by atoms with Crippen LogP contribution in [0.2, 0.25) is 0 Å². The van der Waals surface area contributed by atoms with Crippen molar-refractivity contribution in [2.45, 2.75) is 0 Å². The van der Waals surface area contributed by atoms with Crippen LogP contribution in [-0.2, 0) is 0 Å². The van der Waals surface area contributed by atoms with Crippen molar-refractivity contribution in [3.63, 3.8) is 0 Å². The van der Waals surface area contributed by atoms with Gasteiger partial charge in [0.1, 0.15) is 44.7 Å². The van der Waals surface area contributed by atoms with Crippen LogP contribution in [0.3, 0.4) is 0 Å². The van der Waals surface area contributed by atoms with Crippen molar-refractivity contribution in [3.8, 4) is 0 Å². The normalized spacial score (nSPS) is 12.4.